The van der Waals surface area contributed by atoms with E-state index in [-0.39, 0.29) is 6.04 Å². The predicted molar refractivity (Wildman–Crippen MR) is 62.0 cm³/mol. The molecule has 1 atom stereocenters. The first-order chi connectivity index (χ1) is 7.77. The molecule has 4 nitrogen and oxygen atoms in total. The number of nitrogens with zero attached hydrogens (tertiary/aromatic N) is 2. The molecule has 1 N–H and O–H groups in total. The van der Waals surface area contributed by atoms with Gasteiger partial charge in [-0.05, 0) is 25.1 Å². The summed E-state index contributed by atoms with van der Waals surface area (Å²) in [5.41, 5.74) is 1.24. The fraction of sp³-hybridized carbons (Fsp3) is 0.417. The van der Waals surface area contributed by atoms with E-state index in [0.717, 1.165) is 18.7 Å². The van der Waals surface area contributed by atoms with Gasteiger partial charge in [0.15, 0.2) is 0 Å². The van der Waals surface area contributed by atoms with E-state index in [4.69, 9.17) is 4.42 Å². The van der Waals surface area contributed by atoms with Crippen molar-refractivity contribution in [2.45, 2.75) is 19.4 Å². The zero-order valence-corrected chi connectivity index (χ0v) is 9.68. The van der Waals surface area contributed by atoms with Crippen LogP contribution in [-0.2, 0) is 13.5 Å². The lowest BCUT2D eigenvalue weighted by atomic mass is 10.2. The number of nitrogens with one attached hydrogen (secondary N) is 1. The second-order valence-corrected chi connectivity index (χ2v) is 3.89. The zero-order chi connectivity index (χ0) is 11.4. The monoisotopic (exact) mass is 219 g/mol. The van der Waals surface area contributed by atoms with Crippen molar-refractivity contribution < 1.29 is 4.42 Å². The van der Waals surface area contributed by atoms with Crippen LogP contribution in [0.2, 0.25) is 0 Å². The van der Waals surface area contributed by atoms with Crippen LogP contribution in [0, 0.1) is 0 Å². The topological polar surface area (TPSA) is 43.0 Å². The largest absolute Gasteiger partial charge is 0.468 e. The van der Waals surface area contributed by atoms with Crippen molar-refractivity contribution >= 4 is 0 Å². The van der Waals surface area contributed by atoms with E-state index in [2.05, 4.69) is 17.3 Å². The van der Waals surface area contributed by atoms with Gasteiger partial charge in [-0.15, -0.1) is 0 Å². The minimum Gasteiger partial charge on any atom is -0.468 e. The van der Waals surface area contributed by atoms with Gasteiger partial charge in [-0.25, -0.2) is 0 Å². The molecule has 2 heterocycles. The Bertz CT molecular complexity index is 419. The molecule has 0 aliphatic heterocycles. The highest BCUT2D eigenvalue weighted by atomic mass is 16.3. The third-order valence-electron chi connectivity index (χ3n) is 2.72. The molecule has 2 aromatic heterocycles. The Kier molecular flexibility index (Phi) is 3.41. The Balaban J connectivity index is 1.78. The highest BCUT2D eigenvalue weighted by Crippen LogP contribution is 2.11. The van der Waals surface area contributed by atoms with Crippen LogP contribution in [0.3, 0.4) is 0 Å². The smallest absolute Gasteiger partial charge is 0.120 e. The molecular weight excluding hydrogens is 202 g/mol. The molecule has 0 amide bonds. The predicted octanol–water partition coefficient (Wildman–Crippen LogP) is 1.91. The van der Waals surface area contributed by atoms with E-state index in [9.17, 15) is 0 Å². The molecular formula is C12H17N3O. The van der Waals surface area contributed by atoms with Crippen LogP contribution in [0.15, 0.2) is 35.1 Å². The number of hydrogen-bond donors (Lipinski definition) is 1. The Labute approximate surface area is 95.3 Å². The van der Waals surface area contributed by atoms with E-state index in [1.165, 1.54) is 5.69 Å². The Morgan fingerprint density at radius 1 is 1.50 bits per heavy atom. The molecule has 0 bridgehead atoms. The molecule has 4 heteroatoms. The van der Waals surface area contributed by atoms with Gasteiger partial charge < -0.3 is 9.73 Å². The van der Waals surface area contributed by atoms with Gasteiger partial charge in [-0.1, -0.05) is 0 Å². The molecule has 0 saturated heterocycles. The first kappa shape index (κ1) is 11.0. The third kappa shape index (κ3) is 2.52. The minimum atomic E-state index is 0.253. The maximum Gasteiger partial charge on any atom is 0.120 e. The van der Waals surface area contributed by atoms with Crippen molar-refractivity contribution in [3.05, 3.63) is 42.1 Å². The van der Waals surface area contributed by atoms with Gasteiger partial charge in [-0.2, -0.15) is 5.10 Å². The summed E-state index contributed by atoms with van der Waals surface area (Å²) in [5.74, 6) is 0.977. The summed E-state index contributed by atoms with van der Waals surface area (Å²) in [6.07, 6.45) is 4.50. The summed E-state index contributed by atoms with van der Waals surface area (Å²) in [6.45, 7) is 3.02. The normalized spacial score (nSPS) is 12.9. The average molecular weight is 219 g/mol. The van der Waals surface area contributed by atoms with Crippen LogP contribution in [0.1, 0.15) is 24.4 Å². The van der Waals surface area contributed by atoms with Crippen LogP contribution in [0.4, 0.5) is 0 Å². The van der Waals surface area contributed by atoms with Crippen LogP contribution in [0.25, 0.3) is 0 Å². The molecule has 2 aromatic rings. The second-order valence-electron chi connectivity index (χ2n) is 3.89. The molecule has 0 aliphatic rings. The van der Waals surface area contributed by atoms with Gasteiger partial charge in [0.2, 0.25) is 0 Å². The van der Waals surface area contributed by atoms with Crippen molar-refractivity contribution in [1.82, 2.24) is 15.1 Å². The number of hydrogen-bond acceptors (Lipinski definition) is 3. The fourth-order valence-corrected chi connectivity index (χ4v) is 1.70. The SMILES string of the molecule is C[C@H](NCCc1ccnn1C)c1ccco1. The summed E-state index contributed by atoms with van der Waals surface area (Å²) in [5, 5.41) is 7.55. The second kappa shape index (κ2) is 4.99. The number of rotatable bonds is 5. The highest BCUT2D eigenvalue weighted by molar-refractivity contribution is 5.04. The van der Waals surface area contributed by atoms with Gasteiger partial charge >= 0.3 is 0 Å². The van der Waals surface area contributed by atoms with Crippen LogP contribution in [-0.4, -0.2) is 16.3 Å². The standard InChI is InChI=1S/C12H17N3O/c1-10(12-4-3-9-16-12)13-7-5-11-6-8-14-15(11)2/h3-4,6,8-10,13H,5,7H2,1-2H3/t10-/m0/s1. The van der Waals surface area contributed by atoms with Crippen molar-refractivity contribution in [3.63, 3.8) is 0 Å². The van der Waals surface area contributed by atoms with E-state index in [0.29, 0.717) is 0 Å². The van der Waals surface area contributed by atoms with E-state index in [1.54, 1.807) is 6.26 Å². The summed E-state index contributed by atoms with van der Waals surface area (Å²) in [7, 11) is 1.96. The zero-order valence-electron chi connectivity index (χ0n) is 9.68. The van der Waals surface area contributed by atoms with Crippen molar-refractivity contribution in [1.29, 1.82) is 0 Å². The molecule has 0 radical (unpaired) electrons. The number of aromatic nitrogens is 2. The van der Waals surface area contributed by atoms with Gasteiger partial charge in [-0.3, -0.25) is 4.68 Å². The number of aryl methyl sites for hydroxylation is 1. The molecule has 0 aromatic carbocycles. The Morgan fingerprint density at radius 2 is 2.38 bits per heavy atom. The summed E-state index contributed by atoms with van der Waals surface area (Å²) < 4.78 is 7.23. The van der Waals surface area contributed by atoms with Gasteiger partial charge in [0, 0.05) is 31.9 Å². The lowest BCUT2D eigenvalue weighted by Gasteiger charge is -2.10. The van der Waals surface area contributed by atoms with E-state index >= 15 is 0 Å². The summed E-state index contributed by atoms with van der Waals surface area (Å²) in [4.78, 5) is 0. The molecule has 86 valence electrons. The van der Waals surface area contributed by atoms with Gasteiger partial charge in [0.25, 0.3) is 0 Å². The maximum absolute atomic E-state index is 5.33. The quantitative estimate of drug-likeness (QED) is 0.835. The van der Waals surface area contributed by atoms with E-state index < -0.39 is 0 Å². The summed E-state index contributed by atoms with van der Waals surface area (Å²) >= 11 is 0. The molecule has 0 fully saturated rings. The first-order valence-electron chi connectivity index (χ1n) is 5.51. The fourth-order valence-electron chi connectivity index (χ4n) is 1.70. The molecule has 0 unspecified atom stereocenters. The molecule has 0 aliphatic carbocycles. The lowest BCUT2D eigenvalue weighted by Crippen LogP contribution is -2.21. The Hall–Kier alpha value is -1.55. The first-order valence-corrected chi connectivity index (χ1v) is 5.51. The Morgan fingerprint density at radius 3 is 3.00 bits per heavy atom. The van der Waals surface area contributed by atoms with Crippen molar-refractivity contribution in [2.75, 3.05) is 6.54 Å². The highest BCUT2D eigenvalue weighted by Gasteiger charge is 2.07. The summed E-state index contributed by atoms with van der Waals surface area (Å²) in [6, 6.07) is 6.19. The molecule has 2 rings (SSSR count). The number of furan rings is 1. The van der Waals surface area contributed by atoms with Crippen LogP contribution >= 0.6 is 0 Å². The lowest BCUT2D eigenvalue weighted by molar-refractivity contribution is 0.431. The molecule has 16 heavy (non-hydrogen) atoms. The van der Waals surface area contributed by atoms with Crippen molar-refractivity contribution in [3.8, 4) is 0 Å². The van der Waals surface area contributed by atoms with Crippen LogP contribution in [0.5, 0.6) is 0 Å². The molecule has 0 spiro atoms. The van der Waals surface area contributed by atoms with E-state index in [1.807, 2.05) is 36.1 Å². The third-order valence-corrected chi connectivity index (χ3v) is 2.72. The van der Waals surface area contributed by atoms with Gasteiger partial charge in [0.1, 0.15) is 5.76 Å². The average Bonchev–Trinajstić information content (AvgIpc) is 2.90. The van der Waals surface area contributed by atoms with Gasteiger partial charge in [0.05, 0.1) is 12.3 Å². The molecule has 0 saturated carbocycles. The minimum absolute atomic E-state index is 0.253. The van der Waals surface area contributed by atoms with Crippen molar-refractivity contribution in [2.24, 2.45) is 7.05 Å². The maximum atomic E-state index is 5.33. The van der Waals surface area contributed by atoms with Crippen LogP contribution < -0.4 is 5.32 Å².